The van der Waals surface area contributed by atoms with Gasteiger partial charge in [0.05, 0.1) is 18.4 Å². The number of carbonyl (C=O) groups is 2. The number of methoxy groups -OCH3 is 1. The molecule has 1 aliphatic rings. The molecule has 0 bridgehead atoms. The number of piperazine rings is 1. The van der Waals surface area contributed by atoms with Gasteiger partial charge in [0.1, 0.15) is 11.3 Å². The van der Waals surface area contributed by atoms with Gasteiger partial charge in [-0.2, -0.15) is 0 Å². The topological polar surface area (TPSA) is 49.9 Å². The second-order valence-electron chi connectivity index (χ2n) is 5.85. The Kier molecular flexibility index (Phi) is 3.94. The molecule has 0 N–H and O–H groups in total. The molecule has 1 aromatic rings. The van der Waals surface area contributed by atoms with Crippen LogP contribution in [0.15, 0.2) is 18.2 Å². The first kappa shape index (κ1) is 15.4. The second-order valence-corrected chi connectivity index (χ2v) is 5.85. The van der Waals surface area contributed by atoms with Crippen LogP contribution < -0.4 is 9.64 Å². The number of carbonyl (C=O) groups excluding carboxylic acids is 2. The summed E-state index contributed by atoms with van der Waals surface area (Å²) in [5.74, 6) is 0.526. The Morgan fingerprint density at radius 1 is 1.29 bits per heavy atom. The summed E-state index contributed by atoms with van der Waals surface area (Å²) < 4.78 is 5.31. The quantitative estimate of drug-likeness (QED) is 0.798. The van der Waals surface area contributed by atoms with E-state index in [1.165, 1.54) is 6.92 Å². The molecule has 0 atom stereocenters. The molecule has 1 heterocycles. The second kappa shape index (κ2) is 5.39. The van der Waals surface area contributed by atoms with E-state index in [9.17, 15) is 9.59 Å². The highest BCUT2D eigenvalue weighted by atomic mass is 16.5. The summed E-state index contributed by atoms with van der Waals surface area (Å²) in [6, 6.07) is 5.49. The van der Waals surface area contributed by atoms with E-state index in [0.717, 1.165) is 5.69 Å². The smallest absolute Gasteiger partial charge is 0.247 e. The summed E-state index contributed by atoms with van der Waals surface area (Å²) in [5, 5.41) is 0. The van der Waals surface area contributed by atoms with E-state index in [1.54, 1.807) is 25.1 Å². The number of hydrogen-bond donors (Lipinski definition) is 0. The van der Waals surface area contributed by atoms with Crippen LogP contribution in [0.4, 0.5) is 5.69 Å². The zero-order chi connectivity index (χ0) is 15.8. The monoisotopic (exact) mass is 290 g/mol. The lowest BCUT2D eigenvalue weighted by atomic mass is 9.94. The van der Waals surface area contributed by atoms with E-state index < -0.39 is 5.54 Å². The van der Waals surface area contributed by atoms with E-state index >= 15 is 0 Å². The summed E-state index contributed by atoms with van der Waals surface area (Å²) in [6.07, 6.45) is 0. The van der Waals surface area contributed by atoms with Crippen LogP contribution in [0.1, 0.15) is 31.1 Å². The number of benzene rings is 1. The number of nitrogens with zero attached hydrogens (tertiary/aromatic N) is 2. The van der Waals surface area contributed by atoms with Crippen molar-refractivity contribution in [1.82, 2.24) is 4.90 Å². The number of Topliss-reactive ketones (excluding diaryl/α,β-unsaturated/α-hetero) is 1. The lowest BCUT2D eigenvalue weighted by Gasteiger charge is -2.46. The molecular formula is C16H22N2O3. The van der Waals surface area contributed by atoms with Crippen molar-refractivity contribution in [3.8, 4) is 5.75 Å². The van der Waals surface area contributed by atoms with Gasteiger partial charge in [-0.15, -0.1) is 0 Å². The Bertz CT molecular complexity index is 581. The third kappa shape index (κ3) is 2.48. The van der Waals surface area contributed by atoms with E-state index in [2.05, 4.69) is 0 Å². The van der Waals surface area contributed by atoms with Gasteiger partial charge < -0.3 is 14.5 Å². The van der Waals surface area contributed by atoms with Gasteiger partial charge in [0.2, 0.25) is 5.91 Å². The Balaban J connectivity index is 2.56. The standard InChI is InChI=1S/C16H22N2O3/c1-11(19)14-12(7-6-8-13(14)21-5)18-10-9-17(4)15(20)16(18,2)3/h6-8H,9-10H2,1-5H3. The van der Waals surface area contributed by atoms with Crippen molar-refractivity contribution in [2.45, 2.75) is 26.3 Å². The van der Waals surface area contributed by atoms with Crippen molar-refractivity contribution in [1.29, 1.82) is 0 Å². The highest BCUT2D eigenvalue weighted by Crippen LogP contribution is 2.35. The highest BCUT2D eigenvalue weighted by Gasteiger charge is 2.41. The molecule has 5 nitrogen and oxygen atoms in total. The van der Waals surface area contributed by atoms with Crippen LogP contribution in [0.3, 0.4) is 0 Å². The Morgan fingerprint density at radius 3 is 2.52 bits per heavy atom. The molecule has 1 fully saturated rings. The van der Waals surface area contributed by atoms with E-state index in [-0.39, 0.29) is 11.7 Å². The van der Waals surface area contributed by atoms with Crippen LogP contribution in [0, 0.1) is 0 Å². The Morgan fingerprint density at radius 2 is 1.95 bits per heavy atom. The molecule has 0 aliphatic carbocycles. The molecule has 2 rings (SSSR count). The Labute approximate surface area is 125 Å². The normalized spacial score (nSPS) is 17.9. The summed E-state index contributed by atoms with van der Waals surface area (Å²) in [6.45, 7) is 6.61. The average Bonchev–Trinajstić information content (AvgIpc) is 2.44. The van der Waals surface area contributed by atoms with Crippen molar-refractivity contribution < 1.29 is 14.3 Å². The molecule has 1 aromatic carbocycles. The molecular weight excluding hydrogens is 268 g/mol. The SMILES string of the molecule is COc1cccc(N2CCN(C)C(=O)C2(C)C)c1C(C)=O. The number of amides is 1. The highest BCUT2D eigenvalue weighted by molar-refractivity contribution is 6.04. The maximum atomic E-state index is 12.4. The molecule has 0 radical (unpaired) electrons. The first-order valence-corrected chi connectivity index (χ1v) is 7.02. The average molecular weight is 290 g/mol. The van der Waals surface area contributed by atoms with Crippen molar-refractivity contribution in [2.75, 3.05) is 32.1 Å². The van der Waals surface area contributed by atoms with Crippen molar-refractivity contribution in [3.05, 3.63) is 23.8 Å². The molecule has 1 saturated heterocycles. The predicted molar refractivity (Wildman–Crippen MR) is 82.1 cm³/mol. The molecule has 0 saturated carbocycles. The van der Waals surface area contributed by atoms with Gasteiger partial charge in [-0.1, -0.05) is 6.07 Å². The van der Waals surface area contributed by atoms with Crippen LogP contribution in [0.25, 0.3) is 0 Å². The molecule has 0 unspecified atom stereocenters. The van der Waals surface area contributed by atoms with Gasteiger partial charge in [0.25, 0.3) is 0 Å². The summed E-state index contributed by atoms with van der Waals surface area (Å²) >= 11 is 0. The third-order valence-electron chi connectivity index (χ3n) is 4.07. The van der Waals surface area contributed by atoms with Gasteiger partial charge in [0.15, 0.2) is 5.78 Å². The minimum atomic E-state index is -0.691. The van der Waals surface area contributed by atoms with Crippen molar-refractivity contribution in [2.24, 2.45) is 0 Å². The zero-order valence-corrected chi connectivity index (χ0v) is 13.3. The molecule has 0 spiro atoms. The summed E-state index contributed by atoms with van der Waals surface area (Å²) in [5.41, 5.74) is 0.600. The fourth-order valence-electron chi connectivity index (χ4n) is 2.90. The number of likely N-dealkylation sites (N-methyl/N-ethyl adjacent to an activating group) is 1. The Hall–Kier alpha value is -2.04. The van der Waals surface area contributed by atoms with Crippen LogP contribution >= 0.6 is 0 Å². The van der Waals surface area contributed by atoms with E-state index in [1.807, 2.05) is 30.9 Å². The minimum Gasteiger partial charge on any atom is -0.496 e. The van der Waals surface area contributed by atoms with Crippen LogP contribution in [-0.2, 0) is 4.79 Å². The van der Waals surface area contributed by atoms with E-state index in [0.29, 0.717) is 24.4 Å². The van der Waals surface area contributed by atoms with Gasteiger partial charge in [-0.25, -0.2) is 0 Å². The number of ketones is 1. The molecule has 1 aliphatic heterocycles. The van der Waals surface area contributed by atoms with Crippen molar-refractivity contribution >= 4 is 17.4 Å². The van der Waals surface area contributed by atoms with Crippen LogP contribution in [-0.4, -0.2) is 49.4 Å². The predicted octanol–water partition coefficient (Wildman–Crippen LogP) is 1.95. The fourth-order valence-corrected chi connectivity index (χ4v) is 2.90. The van der Waals surface area contributed by atoms with Crippen LogP contribution in [0.2, 0.25) is 0 Å². The van der Waals surface area contributed by atoms with Gasteiger partial charge >= 0.3 is 0 Å². The molecule has 114 valence electrons. The number of ether oxygens (including phenoxy) is 1. The first-order valence-electron chi connectivity index (χ1n) is 7.02. The maximum absolute atomic E-state index is 12.4. The zero-order valence-electron chi connectivity index (χ0n) is 13.3. The number of anilines is 1. The lowest BCUT2D eigenvalue weighted by molar-refractivity contribution is -0.136. The maximum Gasteiger partial charge on any atom is 0.247 e. The molecule has 21 heavy (non-hydrogen) atoms. The van der Waals surface area contributed by atoms with Gasteiger partial charge in [-0.05, 0) is 32.9 Å². The largest absolute Gasteiger partial charge is 0.496 e. The molecule has 0 aromatic heterocycles. The fraction of sp³-hybridized carbons (Fsp3) is 0.500. The summed E-state index contributed by atoms with van der Waals surface area (Å²) in [7, 11) is 3.35. The number of hydrogen-bond acceptors (Lipinski definition) is 4. The molecule has 5 heteroatoms. The van der Waals surface area contributed by atoms with E-state index in [4.69, 9.17) is 4.74 Å². The molecule has 1 amide bonds. The van der Waals surface area contributed by atoms with Crippen LogP contribution in [0.5, 0.6) is 5.75 Å². The van der Waals surface area contributed by atoms with Gasteiger partial charge in [-0.3, -0.25) is 9.59 Å². The first-order chi connectivity index (χ1) is 9.80. The third-order valence-corrected chi connectivity index (χ3v) is 4.07. The number of rotatable bonds is 3. The minimum absolute atomic E-state index is 0.0473. The summed E-state index contributed by atoms with van der Waals surface area (Å²) in [4.78, 5) is 28.2. The van der Waals surface area contributed by atoms with Crippen molar-refractivity contribution in [3.63, 3.8) is 0 Å². The lowest BCUT2D eigenvalue weighted by Crippen LogP contribution is -2.62. The van der Waals surface area contributed by atoms with Gasteiger partial charge in [0, 0.05) is 20.1 Å².